The number of anilines is 1. The first-order valence-electron chi connectivity index (χ1n) is 6.37. The molecule has 0 saturated heterocycles. The second-order valence-corrected chi connectivity index (χ2v) is 4.83. The summed E-state index contributed by atoms with van der Waals surface area (Å²) in [5.41, 5.74) is 3.47. The van der Waals surface area contributed by atoms with Crippen LogP contribution in [0.1, 0.15) is 31.7 Å². The van der Waals surface area contributed by atoms with E-state index in [1.165, 1.54) is 5.57 Å². The van der Waals surface area contributed by atoms with E-state index < -0.39 is 5.97 Å². The molecule has 0 unspecified atom stereocenters. The van der Waals surface area contributed by atoms with E-state index in [1.807, 2.05) is 6.92 Å². The minimum absolute atomic E-state index is 0.00150. The Balaban J connectivity index is 2.01. The van der Waals surface area contributed by atoms with Crippen LogP contribution >= 0.6 is 0 Å². The Bertz CT molecular complexity index is 529. The van der Waals surface area contributed by atoms with Gasteiger partial charge in [-0.1, -0.05) is 17.7 Å². The Morgan fingerprint density at radius 3 is 2.42 bits per heavy atom. The highest BCUT2D eigenvalue weighted by Crippen LogP contribution is 2.26. The lowest BCUT2D eigenvalue weighted by atomic mass is 10.1. The zero-order valence-electron chi connectivity index (χ0n) is 10.9. The summed E-state index contributed by atoms with van der Waals surface area (Å²) in [7, 11) is 0. The van der Waals surface area contributed by atoms with Gasteiger partial charge in [-0.3, -0.25) is 9.59 Å². The molecule has 2 N–H and O–H groups in total. The van der Waals surface area contributed by atoms with Crippen LogP contribution < -0.4 is 5.32 Å². The predicted octanol–water partition coefficient (Wildman–Crippen LogP) is 2.75. The molecule has 1 aliphatic rings. The van der Waals surface area contributed by atoms with Crippen molar-refractivity contribution in [3.8, 4) is 0 Å². The first kappa shape index (κ1) is 13.3. The number of nitrogens with one attached hydrogen (secondary N) is 1. The van der Waals surface area contributed by atoms with E-state index in [9.17, 15) is 9.59 Å². The third-order valence-corrected chi connectivity index (χ3v) is 3.33. The summed E-state index contributed by atoms with van der Waals surface area (Å²) in [4.78, 5) is 22.6. The van der Waals surface area contributed by atoms with Crippen molar-refractivity contribution in [2.45, 2.75) is 32.6 Å². The van der Waals surface area contributed by atoms with Gasteiger partial charge in [0.1, 0.15) is 0 Å². The molecule has 100 valence electrons. The van der Waals surface area contributed by atoms with Crippen molar-refractivity contribution in [3.05, 3.63) is 41.0 Å². The van der Waals surface area contributed by atoms with E-state index in [1.54, 1.807) is 24.3 Å². The fraction of sp³-hybridized carbons (Fsp3) is 0.333. The highest BCUT2D eigenvalue weighted by molar-refractivity contribution is 6.04. The van der Waals surface area contributed by atoms with E-state index in [0.717, 1.165) is 30.4 Å². The first-order chi connectivity index (χ1) is 9.06. The molecule has 0 aliphatic heterocycles. The number of amides is 1. The Hall–Kier alpha value is -2.10. The number of allylic oxidation sites excluding steroid dienone is 1. The van der Waals surface area contributed by atoms with Crippen LogP contribution in [0.15, 0.2) is 35.4 Å². The van der Waals surface area contributed by atoms with E-state index in [2.05, 4.69) is 5.32 Å². The van der Waals surface area contributed by atoms with Gasteiger partial charge >= 0.3 is 5.97 Å². The molecule has 1 aliphatic carbocycles. The lowest BCUT2D eigenvalue weighted by molar-refractivity contribution is -0.136. The average molecular weight is 259 g/mol. The number of hydrogen-bond donors (Lipinski definition) is 2. The van der Waals surface area contributed by atoms with Gasteiger partial charge in [0.15, 0.2) is 0 Å². The molecular weight excluding hydrogens is 242 g/mol. The molecule has 0 heterocycles. The molecule has 19 heavy (non-hydrogen) atoms. The zero-order chi connectivity index (χ0) is 13.8. The maximum atomic E-state index is 12.0. The summed E-state index contributed by atoms with van der Waals surface area (Å²) in [5.74, 6) is -0.899. The second kappa shape index (κ2) is 5.69. The summed E-state index contributed by atoms with van der Waals surface area (Å²) in [5, 5.41) is 11.5. The maximum absolute atomic E-state index is 12.0. The molecule has 0 spiro atoms. The Labute approximate surface area is 112 Å². The summed E-state index contributed by atoms with van der Waals surface area (Å²) in [6.07, 6.45) is 2.89. The summed E-state index contributed by atoms with van der Waals surface area (Å²) >= 11 is 0. The van der Waals surface area contributed by atoms with Gasteiger partial charge < -0.3 is 10.4 Å². The van der Waals surface area contributed by atoms with Gasteiger partial charge in [-0.05, 0) is 43.9 Å². The van der Waals surface area contributed by atoms with Crippen molar-refractivity contribution in [1.82, 2.24) is 0 Å². The maximum Gasteiger partial charge on any atom is 0.307 e. The molecule has 0 aromatic heterocycles. The van der Waals surface area contributed by atoms with Gasteiger partial charge in [-0.25, -0.2) is 0 Å². The molecule has 0 radical (unpaired) electrons. The van der Waals surface area contributed by atoms with Crippen molar-refractivity contribution in [3.63, 3.8) is 0 Å². The normalized spacial score (nSPS) is 14.6. The number of carboxylic acids is 1. The van der Waals surface area contributed by atoms with Crippen LogP contribution in [0.4, 0.5) is 5.69 Å². The Morgan fingerprint density at radius 2 is 1.89 bits per heavy atom. The molecule has 1 aromatic rings. The minimum Gasteiger partial charge on any atom is -0.481 e. The molecule has 1 amide bonds. The van der Waals surface area contributed by atoms with Gasteiger partial charge in [0.05, 0.1) is 6.42 Å². The Kier molecular flexibility index (Phi) is 4.00. The number of carbonyl (C=O) groups is 2. The molecule has 2 rings (SSSR count). The van der Waals surface area contributed by atoms with Gasteiger partial charge in [0.25, 0.3) is 5.91 Å². The molecule has 1 aromatic carbocycles. The SMILES string of the molecule is CC1=C(C(=O)Nc2ccc(CC(=O)O)cc2)CCC1. The second-order valence-electron chi connectivity index (χ2n) is 4.83. The smallest absolute Gasteiger partial charge is 0.307 e. The minimum atomic E-state index is -0.858. The van der Waals surface area contributed by atoms with Crippen LogP contribution in [0.3, 0.4) is 0 Å². The largest absolute Gasteiger partial charge is 0.481 e. The molecule has 4 nitrogen and oxygen atoms in total. The summed E-state index contributed by atoms with van der Waals surface area (Å²) in [6, 6.07) is 6.92. The first-order valence-corrected chi connectivity index (χ1v) is 6.37. The number of rotatable bonds is 4. The van der Waals surface area contributed by atoms with E-state index >= 15 is 0 Å². The van der Waals surface area contributed by atoms with Crippen LogP contribution in [0.2, 0.25) is 0 Å². The molecular formula is C15H17NO3. The molecule has 0 atom stereocenters. The van der Waals surface area contributed by atoms with Crippen LogP contribution in [-0.4, -0.2) is 17.0 Å². The lowest BCUT2D eigenvalue weighted by Crippen LogP contribution is -2.14. The van der Waals surface area contributed by atoms with Gasteiger partial charge in [-0.15, -0.1) is 0 Å². The molecule has 0 fully saturated rings. The lowest BCUT2D eigenvalue weighted by Gasteiger charge is -2.07. The van der Waals surface area contributed by atoms with Crippen molar-refractivity contribution < 1.29 is 14.7 Å². The fourth-order valence-corrected chi connectivity index (χ4v) is 2.29. The monoisotopic (exact) mass is 259 g/mol. The number of carbonyl (C=O) groups excluding carboxylic acids is 1. The van der Waals surface area contributed by atoms with Gasteiger partial charge in [-0.2, -0.15) is 0 Å². The van der Waals surface area contributed by atoms with Gasteiger partial charge in [0.2, 0.25) is 0 Å². The van der Waals surface area contributed by atoms with Crippen molar-refractivity contribution >= 4 is 17.6 Å². The van der Waals surface area contributed by atoms with Crippen LogP contribution in [-0.2, 0) is 16.0 Å². The fourth-order valence-electron chi connectivity index (χ4n) is 2.29. The molecule has 0 bridgehead atoms. The average Bonchev–Trinajstić information content (AvgIpc) is 2.77. The van der Waals surface area contributed by atoms with Crippen molar-refractivity contribution in [1.29, 1.82) is 0 Å². The van der Waals surface area contributed by atoms with Crippen molar-refractivity contribution in [2.75, 3.05) is 5.32 Å². The number of hydrogen-bond acceptors (Lipinski definition) is 2. The van der Waals surface area contributed by atoms with Crippen LogP contribution in [0.25, 0.3) is 0 Å². The molecule has 0 saturated carbocycles. The number of carboxylic acid groups (broad SMARTS) is 1. The van der Waals surface area contributed by atoms with Gasteiger partial charge in [0, 0.05) is 11.3 Å². The molecule has 4 heteroatoms. The third-order valence-electron chi connectivity index (χ3n) is 3.33. The number of aliphatic carboxylic acids is 1. The Morgan fingerprint density at radius 1 is 1.21 bits per heavy atom. The third kappa shape index (κ3) is 3.44. The summed E-state index contributed by atoms with van der Waals surface area (Å²) in [6.45, 7) is 2.00. The van der Waals surface area contributed by atoms with Crippen LogP contribution in [0.5, 0.6) is 0 Å². The quantitative estimate of drug-likeness (QED) is 0.873. The van der Waals surface area contributed by atoms with E-state index in [-0.39, 0.29) is 12.3 Å². The highest BCUT2D eigenvalue weighted by Gasteiger charge is 2.17. The zero-order valence-corrected chi connectivity index (χ0v) is 10.9. The topological polar surface area (TPSA) is 66.4 Å². The number of benzene rings is 1. The predicted molar refractivity (Wildman–Crippen MR) is 73.0 cm³/mol. The highest BCUT2D eigenvalue weighted by atomic mass is 16.4. The summed E-state index contributed by atoms with van der Waals surface area (Å²) < 4.78 is 0. The van der Waals surface area contributed by atoms with Crippen LogP contribution in [0, 0.1) is 0 Å². The standard InChI is InChI=1S/C15H17NO3/c1-10-3-2-4-13(10)15(19)16-12-7-5-11(6-8-12)9-14(17)18/h5-8H,2-4,9H2,1H3,(H,16,19)(H,17,18). The van der Waals surface area contributed by atoms with Crippen molar-refractivity contribution in [2.24, 2.45) is 0 Å². The van der Waals surface area contributed by atoms with E-state index in [4.69, 9.17) is 5.11 Å². The van der Waals surface area contributed by atoms with E-state index in [0.29, 0.717) is 5.69 Å².